The lowest BCUT2D eigenvalue weighted by Crippen LogP contribution is -2.38. The molecule has 4 rings (SSSR count). The van der Waals surface area contributed by atoms with Gasteiger partial charge in [-0.3, -0.25) is 9.59 Å². The smallest absolute Gasteiger partial charge is 0.328 e. The lowest BCUT2D eigenvalue weighted by Gasteiger charge is -2.27. The molecule has 0 heterocycles. The summed E-state index contributed by atoms with van der Waals surface area (Å²) < 4.78 is 11.1. The molecule has 4 aromatic carbocycles. The number of aryl methyl sites for hydroxylation is 1. The van der Waals surface area contributed by atoms with Gasteiger partial charge in [0.15, 0.2) is 5.78 Å². The summed E-state index contributed by atoms with van der Waals surface area (Å²) in [6.07, 6.45) is 1.92. The Bertz CT molecular complexity index is 1550. The van der Waals surface area contributed by atoms with E-state index in [1.807, 2.05) is 98.5 Å². The molecule has 0 aromatic heterocycles. The number of carbonyl (C=O) groups excluding carboxylic acids is 3. The lowest BCUT2D eigenvalue weighted by atomic mass is 10.00. The van der Waals surface area contributed by atoms with Gasteiger partial charge in [-0.25, -0.2) is 4.79 Å². The zero-order valence-electron chi connectivity index (χ0n) is 26.5. The zero-order chi connectivity index (χ0) is 32.2. The number of hydrogen-bond acceptors (Lipinski definition) is 6. The van der Waals surface area contributed by atoms with Crippen molar-refractivity contribution >= 4 is 29.0 Å². The van der Waals surface area contributed by atoms with Crippen molar-refractivity contribution < 1.29 is 23.9 Å². The van der Waals surface area contributed by atoms with Crippen LogP contribution in [0, 0.1) is 12.8 Å². The highest BCUT2D eigenvalue weighted by atomic mass is 16.5. The first-order valence-corrected chi connectivity index (χ1v) is 15.5. The van der Waals surface area contributed by atoms with Crippen LogP contribution in [-0.2, 0) is 20.7 Å². The predicted octanol–water partition coefficient (Wildman–Crippen LogP) is 7.27. The predicted molar refractivity (Wildman–Crippen MR) is 179 cm³/mol. The quantitative estimate of drug-likeness (QED) is 0.113. The molecule has 234 valence electrons. The van der Waals surface area contributed by atoms with Crippen LogP contribution >= 0.6 is 0 Å². The molecule has 1 atom stereocenters. The highest BCUT2D eigenvalue weighted by Gasteiger charge is 2.24. The van der Waals surface area contributed by atoms with Crippen LogP contribution in [0.2, 0.25) is 0 Å². The van der Waals surface area contributed by atoms with E-state index >= 15 is 0 Å². The van der Waals surface area contributed by atoms with Crippen LogP contribution in [0.3, 0.4) is 0 Å². The van der Waals surface area contributed by atoms with Crippen molar-refractivity contribution in [1.29, 1.82) is 0 Å². The van der Waals surface area contributed by atoms with Crippen molar-refractivity contribution in [3.63, 3.8) is 0 Å². The van der Waals surface area contributed by atoms with Crippen molar-refractivity contribution in [2.75, 3.05) is 30.5 Å². The average molecular weight is 607 g/mol. The second-order valence-corrected chi connectivity index (χ2v) is 11.0. The molecule has 0 aliphatic heterocycles. The maximum Gasteiger partial charge on any atom is 0.328 e. The standard InChI is InChI=1S/C38H42N2O5/c1-5-29(6-2)37(42)40(31-20-16-27(3)17-21-31)24-25-45-32-22-18-28(19-23-32)26-35(38(43)44-4)39-34-15-11-10-14-33(34)36(41)30-12-8-7-9-13-30/h7-23,29,35,39H,5-6,24-26H2,1-4H3/t35-/m0/s1. The van der Waals surface area contributed by atoms with E-state index in [4.69, 9.17) is 9.47 Å². The van der Waals surface area contributed by atoms with E-state index in [9.17, 15) is 14.4 Å². The summed E-state index contributed by atoms with van der Waals surface area (Å²) in [6.45, 7) is 6.87. The Morgan fingerprint density at radius 3 is 2.09 bits per heavy atom. The van der Waals surface area contributed by atoms with Gasteiger partial charge >= 0.3 is 5.97 Å². The molecule has 0 saturated carbocycles. The molecule has 0 radical (unpaired) electrons. The molecule has 0 spiro atoms. The molecular weight excluding hydrogens is 564 g/mol. The fraction of sp³-hybridized carbons (Fsp3) is 0.289. The minimum atomic E-state index is -0.717. The van der Waals surface area contributed by atoms with Gasteiger partial charge in [0.25, 0.3) is 0 Å². The largest absolute Gasteiger partial charge is 0.492 e. The topological polar surface area (TPSA) is 84.9 Å². The number of methoxy groups -OCH3 is 1. The third kappa shape index (κ3) is 8.82. The second kappa shape index (κ2) is 16.2. The summed E-state index contributed by atoms with van der Waals surface area (Å²) in [6, 6.07) is 31.0. The lowest BCUT2D eigenvalue weighted by molar-refractivity contribution is -0.141. The van der Waals surface area contributed by atoms with Crippen LogP contribution < -0.4 is 15.0 Å². The molecular formula is C38H42N2O5. The van der Waals surface area contributed by atoms with Crippen LogP contribution in [0.1, 0.15) is 53.7 Å². The number of benzene rings is 4. The van der Waals surface area contributed by atoms with Crippen LogP contribution in [0.25, 0.3) is 0 Å². The first-order valence-electron chi connectivity index (χ1n) is 15.5. The van der Waals surface area contributed by atoms with Gasteiger partial charge in [-0.05, 0) is 61.7 Å². The normalized spacial score (nSPS) is 11.5. The molecule has 0 aliphatic rings. The molecule has 0 unspecified atom stereocenters. The van der Waals surface area contributed by atoms with Crippen molar-refractivity contribution in [3.8, 4) is 5.75 Å². The number of anilines is 2. The van der Waals surface area contributed by atoms with Crippen molar-refractivity contribution in [1.82, 2.24) is 0 Å². The summed E-state index contributed by atoms with van der Waals surface area (Å²) in [5.74, 6) is 0.169. The Balaban J connectivity index is 1.42. The van der Waals surface area contributed by atoms with Gasteiger partial charge in [-0.1, -0.05) is 86.1 Å². The van der Waals surface area contributed by atoms with E-state index < -0.39 is 12.0 Å². The van der Waals surface area contributed by atoms with Gasteiger partial charge in [0.2, 0.25) is 5.91 Å². The third-order valence-corrected chi connectivity index (χ3v) is 7.92. The Morgan fingerprint density at radius 1 is 0.800 bits per heavy atom. The van der Waals surface area contributed by atoms with Gasteiger partial charge in [-0.15, -0.1) is 0 Å². The van der Waals surface area contributed by atoms with E-state index in [0.29, 0.717) is 42.1 Å². The second-order valence-electron chi connectivity index (χ2n) is 11.0. The molecule has 7 heteroatoms. The first-order chi connectivity index (χ1) is 21.8. The minimum absolute atomic E-state index is 0.0367. The van der Waals surface area contributed by atoms with Crippen LogP contribution in [0.4, 0.5) is 11.4 Å². The van der Waals surface area contributed by atoms with Gasteiger partial charge in [-0.2, -0.15) is 0 Å². The number of amides is 1. The fourth-order valence-corrected chi connectivity index (χ4v) is 5.24. The van der Waals surface area contributed by atoms with E-state index in [2.05, 4.69) is 5.32 Å². The molecule has 0 bridgehead atoms. The van der Waals surface area contributed by atoms with Gasteiger partial charge in [0, 0.05) is 34.8 Å². The Kier molecular flexibility index (Phi) is 11.9. The van der Waals surface area contributed by atoms with E-state index in [-0.39, 0.29) is 17.6 Å². The number of hydrogen-bond donors (Lipinski definition) is 1. The molecule has 4 aromatic rings. The SMILES string of the molecule is CCC(CC)C(=O)N(CCOc1ccc(C[C@H](Nc2ccccc2C(=O)c2ccccc2)C(=O)OC)cc1)c1ccc(C)cc1. The van der Waals surface area contributed by atoms with Crippen LogP contribution in [0.15, 0.2) is 103 Å². The summed E-state index contributed by atoms with van der Waals surface area (Å²) in [5, 5.41) is 3.24. The highest BCUT2D eigenvalue weighted by Crippen LogP contribution is 2.23. The van der Waals surface area contributed by atoms with Gasteiger partial charge in [0.1, 0.15) is 18.4 Å². The Labute approximate surface area is 266 Å². The Morgan fingerprint density at radius 2 is 1.44 bits per heavy atom. The number of nitrogens with zero attached hydrogens (tertiary/aromatic N) is 1. The zero-order valence-corrected chi connectivity index (χ0v) is 26.5. The number of esters is 1. The number of para-hydroxylation sites is 1. The number of ether oxygens (including phenoxy) is 2. The van der Waals surface area contributed by atoms with Crippen LogP contribution in [-0.4, -0.2) is 44.0 Å². The van der Waals surface area contributed by atoms with Crippen LogP contribution in [0.5, 0.6) is 5.75 Å². The third-order valence-electron chi connectivity index (χ3n) is 7.92. The summed E-state index contributed by atoms with van der Waals surface area (Å²) in [7, 11) is 1.35. The summed E-state index contributed by atoms with van der Waals surface area (Å²) in [4.78, 5) is 41.2. The molecule has 0 fully saturated rings. The molecule has 45 heavy (non-hydrogen) atoms. The number of rotatable bonds is 15. The van der Waals surface area contributed by atoms with Gasteiger partial charge in [0.05, 0.1) is 13.7 Å². The summed E-state index contributed by atoms with van der Waals surface area (Å²) >= 11 is 0. The fourth-order valence-electron chi connectivity index (χ4n) is 5.24. The minimum Gasteiger partial charge on any atom is -0.492 e. The number of ketones is 1. The van der Waals surface area contributed by atoms with E-state index in [1.54, 1.807) is 30.3 Å². The van der Waals surface area contributed by atoms with E-state index in [0.717, 1.165) is 29.7 Å². The molecule has 0 aliphatic carbocycles. The monoisotopic (exact) mass is 606 g/mol. The van der Waals surface area contributed by atoms with Crippen molar-refractivity contribution in [3.05, 3.63) is 125 Å². The molecule has 1 N–H and O–H groups in total. The summed E-state index contributed by atoms with van der Waals surface area (Å²) in [5.41, 5.74) is 4.50. The van der Waals surface area contributed by atoms with E-state index in [1.165, 1.54) is 7.11 Å². The van der Waals surface area contributed by atoms with Crippen molar-refractivity contribution in [2.45, 2.75) is 46.1 Å². The average Bonchev–Trinajstić information content (AvgIpc) is 3.08. The molecule has 0 saturated heterocycles. The molecule has 7 nitrogen and oxygen atoms in total. The molecule has 1 amide bonds. The van der Waals surface area contributed by atoms with Gasteiger partial charge < -0.3 is 19.7 Å². The first kappa shape index (κ1) is 33.0. The maximum absolute atomic E-state index is 13.3. The van der Waals surface area contributed by atoms with Crippen molar-refractivity contribution in [2.24, 2.45) is 5.92 Å². The Hall–Kier alpha value is -4.91. The maximum atomic E-state index is 13.3. The highest BCUT2D eigenvalue weighted by molar-refractivity contribution is 6.12. The number of carbonyl (C=O) groups is 3. The number of nitrogens with one attached hydrogen (secondary N) is 1.